The average Bonchev–Trinajstić information content (AvgIpc) is 2.50. The second kappa shape index (κ2) is 6.21. The van der Waals surface area contributed by atoms with Crippen LogP contribution in [0.4, 0.5) is 0 Å². The van der Waals surface area contributed by atoms with Gasteiger partial charge in [-0.05, 0) is 69.0 Å². The monoisotopic (exact) mass is 299 g/mol. The van der Waals surface area contributed by atoms with Crippen LogP contribution in [0.25, 0.3) is 11.0 Å². The van der Waals surface area contributed by atoms with E-state index in [0.717, 1.165) is 29.2 Å². The topological polar surface area (TPSA) is 38.2 Å². The lowest BCUT2D eigenvalue weighted by Crippen LogP contribution is -2.32. The van der Waals surface area contributed by atoms with E-state index in [4.69, 9.17) is 4.74 Å². The molecular formula is C18H25N3O. The van der Waals surface area contributed by atoms with E-state index in [1.165, 1.54) is 37.1 Å². The summed E-state index contributed by atoms with van der Waals surface area (Å²) < 4.78 is 5.27. The Morgan fingerprint density at radius 1 is 1.14 bits per heavy atom. The predicted molar refractivity (Wildman–Crippen MR) is 89.2 cm³/mol. The van der Waals surface area contributed by atoms with Crippen LogP contribution in [0.3, 0.4) is 0 Å². The fourth-order valence-corrected chi connectivity index (χ4v) is 3.15. The van der Waals surface area contributed by atoms with Gasteiger partial charge in [-0.3, -0.25) is 4.90 Å². The molecule has 0 saturated carbocycles. The van der Waals surface area contributed by atoms with Crippen molar-refractivity contribution in [2.24, 2.45) is 5.92 Å². The van der Waals surface area contributed by atoms with E-state index in [-0.39, 0.29) is 0 Å². The van der Waals surface area contributed by atoms with Crippen LogP contribution >= 0.6 is 0 Å². The van der Waals surface area contributed by atoms with Crippen LogP contribution in [0.2, 0.25) is 0 Å². The van der Waals surface area contributed by atoms with Crippen LogP contribution in [0.1, 0.15) is 36.6 Å². The summed E-state index contributed by atoms with van der Waals surface area (Å²) in [6.45, 7) is 9.87. The number of piperidine rings is 1. The smallest absolute Gasteiger partial charge is 0.235 e. The molecule has 2 aromatic rings. The number of ether oxygens (including phenoxy) is 1. The Labute approximate surface area is 132 Å². The maximum Gasteiger partial charge on any atom is 0.235 e. The van der Waals surface area contributed by atoms with Crippen LogP contribution in [-0.4, -0.2) is 35.1 Å². The Kier molecular flexibility index (Phi) is 4.30. The van der Waals surface area contributed by atoms with E-state index in [9.17, 15) is 0 Å². The number of nitrogens with zero attached hydrogens (tertiary/aromatic N) is 3. The minimum absolute atomic E-state index is 0.615. The zero-order valence-electron chi connectivity index (χ0n) is 14.0. The third kappa shape index (κ3) is 3.07. The van der Waals surface area contributed by atoms with Gasteiger partial charge in [0.05, 0.1) is 18.1 Å². The summed E-state index contributed by atoms with van der Waals surface area (Å²) in [7, 11) is 1.64. The van der Waals surface area contributed by atoms with Gasteiger partial charge in [-0.2, -0.15) is 0 Å². The fourth-order valence-electron chi connectivity index (χ4n) is 3.15. The van der Waals surface area contributed by atoms with Crippen LogP contribution in [0.5, 0.6) is 5.88 Å². The summed E-state index contributed by atoms with van der Waals surface area (Å²) in [5, 5.41) is 0. The number of hydrogen-bond donors (Lipinski definition) is 0. The molecular weight excluding hydrogens is 274 g/mol. The number of rotatable bonds is 3. The van der Waals surface area contributed by atoms with Crippen LogP contribution in [0, 0.1) is 19.8 Å². The van der Waals surface area contributed by atoms with E-state index >= 15 is 0 Å². The largest absolute Gasteiger partial charge is 0.480 e. The molecule has 1 aliphatic rings. The molecule has 0 bridgehead atoms. The number of likely N-dealkylation sites (tertiary alicyclic amines) is 1. The number of hydrogen-bond acceptors (Lipinski definition) is 4. The molecule has 0 amide bonds. The molecule has 4 nitrogen and oxygen atoms in total. The van der Waals surface area contributed by atoms with E-state index in [1.807, 2.05) is 6.92 Å². The molecule has 2 heterocycles. The minimum atomic E-state index is 0.615. The number of aryl methyl sites for hydroxylation is 2. The molecule has 0 N–H and O–H groups in total. The molecule has 0 atom stereocenters. The molecule has 0 radical (unpaired) electrons. The molecule has 1 aliphatic heterocycles. The van der Waals surface area contributed by atoms with E-state index in [1.54, 1.807) is 7.11 Å². The van der Waals surface area contributed by atoms with Gasteiger partial charge in [-0.25, -0.2) is 9.97 Å². The van der Waals surface area contributed by atoms with E-state index in [2.05, 4.69) is 40.8 Å². The van der Waals surface area contributed by atoms with Crippen molar-refractivity contribution in [2.75, 3.05) is 20.2 Å². The quantitative estimate of drug-likeness (QED) is 0.869. The molecule has 1 aromatic carbocycles. The highest BCUT2D eigenvalue weighted by molar-refractivity contribution is 5.77. The summed E-state index contributed by atoms with van der Waals surface area (Å²) in [5.74, 6) is 1.49. The second-order valence-corrected chi connectivity index (χ2v) is 6.54. The van der Waals surface area contributed by atoms with E-state index in [0.29, 0.717) is 5.88 Å². The summed E-state index contributed by atoms with van der Waals surface area (Å²) >= 11 is 0. The molecule has 1 aromatic heterocycles. The SMILES string of the molecule is COc1nc2cc(C)c(CN3CCC(C)CC3)cc2nc1C. The molecule has 118 valence electrons. The molecule has 22 heavy (non-hydrogen) atoms. The lowest BCUT2D eigenvalue weighted by molar-refractivity contribution is 0.185. The summed E-state index contributed by atoms with van der Waals surface area (Å²) in [6, 6.07) is 4.33. The summed E-state index contributed by atoms with van der Waals surface area (Å²) in [4.78, 5) is 11.8. The van der Waals surface area contributed by atoms with Gasteiger partial charge in [0.25, 0.3) is 0 Å². The first-order valence-electron chi connectivity index (χ1n) is 8.11. The molecule has 0 unspecified atom stereocenters. The van der Waals surface area contributed by atoms with Crippen molar-refractivity contribution in [1.29, 1.82) is 0 Å². The lowest BCUT2D eigenvalue weighted by Gasteiger charge is -2.30. The number of fused-ring (bicyclic) bond motifs is 1. The first kappa shape index (κ1) is 15.2. The maximum absolute atomic E-state index is 5.27. The minimum Gasteiger partial charge on any atom is -0.480 e. The van der Waals surface area contributed by atoms with Crippen LogP contribution in [0.15, 0.2) is 12.1 Å². The highest BCUT2D eigenvalue weighted by Crippen LogP contribution is 2.24. The Morgan fingerprint density at radius 2 is 1.82 bits per heavy atom. The first-order chi connectivity index (χ1) is 10.6. The Bertz CT molecular complexity index is 676. The highest BCUT2D eigenvalue weighted by Gasteiger charge is 2.17. The van der Waals surface area contributed by atoms with Gasteiger partial charge in [0.2, 0.25) is 5.88 Å². The summed E-state index contributed by atoms with van der Waals surface area (Å²) in [5.41, 5.74) is 5.36. The third-order valence-electron chi connectivity index (χ3n) is 4.72. The molecule has 1 saturated heterocycles. The molecule has 0 aliphatic carbocycles. The summed E-state index contributed by atoms with van der Waals surface area (Å²) in [6.07, 6.45) is 2.62. The van der Waals surface area contributed by atoms with Gasteiger partial charge in [0.1, 0.15) is 5.69 Å². The van der Waals surface area contributed by atoms with Gasteiger partial charge in [-0.1, -0.05) is 6.92 Å². The zero-order chi connectivity index (χ0) is 15.7. The van der Waals surface area contributed by atoms with Crippen LogP contribution in [-0.2, 0) is 6.54 Å². The van der Waals surface area contributed by atoms with E-state index < -0.39 is 0 Å². The standard InChI is InChI=1S/C18H25N3O/c1-12-5-7-21(8-6-12)11-15-10-17-16(9-13(15)2)20-18(22-4)14(3)19-17/h9-10,12H,5-8,11H2,1-4H3. The van der Waals surface area contributed by atoms with Crippen molar-refractivity contribution in [1.82, 2.24) is 14.9 Å². The fraction of sp³-hybridized carbons (Fsp3) is 0.556. The molecule has 1 fully saturated rings. The first-order valence-corrected chi connectivity index (χ1v) is 8.11. The molecule has 4 heteroatoms. The second-order valence-electron chi connectivity index (χ2n) is 6.54. The third-order valence-corrected chi connectivity index (χ3v) is 4.72. The van der Waals surface area contributed by atoms with Crippen molar-refractivity contribution in [2.45, 2.75) is 40.2 Å². The van der Waals surface area contributed by atoms with Crippen molar-refractivity contribution in [3.05, 3.63) is 29.0 Å². The number of methoxy groups -OCH3 is 1. The number of aromatic nitrogens is 2. The normalized spacial score (nSPS) is 17.1. The Morgan fingerprint density at radius 3 is 2.50 bits per heavy atom. The predicted octanol–water partition coefficient (Wildman–Crippen LogP) is 3.49. The molecule has 0 spiro atoms. The zero-order valence-corrected chi connectivity index (χ0v) is 14.0. The average molecular weight is 299 g/mol. The Hall–Kier alpha value is -1.68. The van der Waals surface area contributed by atoms with Gasteiger partial charge in [0, 0.05) is 6.54 Å². The molecule has 3 rings (SSSR count). The maximum atomic E-state index is 5.27. The van der Waals surface area contributed by atoms with Gasteiger partial charge < -0.3 is 4.74 Å². The van der Waals surface area contributed by atoms with Crippen LogP contribution < -0.4 is 4.74 Å². The Balaban J connectivity index is 1.88. The number of benzene rings is 1. The van der Waals surface area contributed by atoms with Crippen molar-refractivity contribution in [3.8, 4) is 5.88 Å². The van der Waals surface area contributed by atoms with Gasteiger partial charge >= 0.3 is 0 Å². The van der Waals surface area contributed by atoms with Gasteiger partial charge in [0.15, 0.2) is 0 Å². The lowest BCUT2D eigenvalue weighted by atomic mass is 9.98. The van der Waals surface area contributed by atoms with Crippen molar-refractivity contribution < 1.29 is 4.74 Å². The highest BCUT2D eigenvalue weighted by atomic mass is 16.5. The van der Waals surface area contributed by atoms with Gasteiger partial charge in [-0.15, -0.1) is 0 Å². The van der Waals surface area contributed by atoms with Crippen molar-refractivity contribution >= 4 is 11.0 Å². The van der Waals surface area contributed by atoms with Crippen molar-refractivity contribution in [3.63, 3.8) is 0 Å².